The van der Waals surface area contributed by atoms with Gasteiger partial charge in [-0.05, 0) is 45.7 Å². The van der Waals surface area contributed by atoms with Gasteiger partial charge in [0.15, 0.2) is 0 Å². The zero-order valence-electron chi connectivity index (χ0n) is 9.01. The van der Waals surface area contributed by atoms with E-state index in [0.29, 0.717) is 6.04 Å². The molecule has 14 heavy (non-hydrogen) atoms. The van der Waals surface area contributed by atoms with Crippen LogP contribution in [0.25, 0.3) is 0 Å². The van der Waals surface area contributed by atoms with E-state index in [1.54, 1.807) is 0 Å². The van der Waals surface area contributed by atoms with Gasteiger partial charge in [-0.3, -0.25) is 4.99 Å². The van der Waals surface area contributed by atoms with Gasteiger partial charge in [-0.15, -0.1) is 0 Å². The SMILES string of the molecule is CC1=C(CC2CCNC2)NC(C)C=N1. The molecule has 2 aliphatic heterocycles. The molecule has 0 aromatic rings. The minimum absolute atomic E-state index is 0.392. The van der Waals surface area contributed by atoms with Crippen molar-refractivity contribution < 1.29 is 0 Å². The summed E-state index contributed by atoms with van der Waals surface area (Å²) in [5.74, 6) is 0.799. The third-order valence-corrected chi connectivity index (χ3v) is 2.99. The highest BCUT2D eigenvalue weighted by Gasteiger charge is 2.19. The van der Waals surface area contributed by atoms with Crippen molar-refractivity contribution in [2.24, 2.45) is 10.9 Å². The van der Waals surface area contributed by atoms with Crippen LogP contribution >= 0.6 is 0 Å². The van der Waals surface area contributed by atoms with E-state index in [9.17, 15) is 0 Å². The average Bonchev–Trinajstić information content (AvgIpc) is 2.64. The molecule has 0 bridgehead atoms. The summed E-state index contributed by atoms with van der Waals surface area (Å²) in [6.07, 6.45) is 4.43. The van der Waals surface area contributed by atoms with Crippen molar-refractivity contribution in [3.63, 3.8) is 0 Å². The van der Waals surface area contributed by atoms with Gasteiger partial charge in [-0.25, -0.2) is 0 Å². The molecule has 0 aliphatic carbocycles. The van der Waals surface area contributed by atoms with Crippen molar-refractivity contribution >= 4 is 6.21 Å². The van der Waals surface area contributed by atoms with E-state index in [1.807, 2.05) is 6.21 Å². The summed E-state index contributed by atoms with van der Waals surface area (Å²) >= 11 is 0. The third-order valence-electron chi connectivity index (χ3n) is 2.99. The van der Waals surface area contributed by atoms with E-state index < -0.39 is 0 Å². The maximum Gasteiger partial charge on any atom is 0.0585 e. The van der Waals surface area contributed by atoms with Gasteiger partial charge in [0.1, 0.15) is 0 Å². The van der Waals surface area contributed by atoms with E-state index in [4.69, 9.17) is 0 Å². The van der Waals surface area contributed by atoms with Crippen LogP contribution in [0, 0.1) is 5.92 Å². The lowest BCUT2D eigenvalue weighted by Gasteiger charge is -2.22. The summed E-state index contributed by atoms with van der Waals surface area (Å²) in [6, 6.07) is 0.392. The number of nitrogens with one attached hydrogen (secondary N) is 2. The number of rotatable bonds is 2. The van der Waals surface area contributed by atoms with Crippen LogP contribution in [0.2, 0.25) is 0 Å². The van der Waals surface area contributed by atoms with Crippen LogP contribution in [0.5, 0.6) is 0 Å². The lowest BCUT2D eigenvalue weighted by molar-refractivity contribution is 0.538. The van der Waals surface area contributed by atoms with Gasteiger partial charge < -0.3 is 10.6 Å². The first-order valence-corrected chi connectivity index (χ1v) is 5.47. The number of nitrogens with zero attached hydrogens (tertiary/aromatic N) is 1. The number of allylic oxidation sites excluding steroid dienone is 2. The van der Waals surface area contributed by atoms with E-state index >= 15 is 0 Å². The summed E-state index contributed by atoms with van der Waals surface area (Å²) in [5.41, 5.74) is 2.50. The van der Waals surface area contributed by atoms with Crippen molar-refractivity contribution in [3.05, 3.63) is 11.4 Å². The fourth-order valence-corrected chi connectivity index (χ4v) is 2.10. The third kappa shape index (κ3) is 2.15. The Kier molecular flexibility index (Phi) is 2.87. The highest BCUT2D eigenvalue weighted by molar-refractivity contribution is 5.67. The Morgan fingerprint density at radius 2 is 2.43 bits per heavy atom. The van der Waals surface area contributed by atoms with E-state index in [1.165, 1.54) is 18.7 Å². The molecule has 0 aromatic carbocycles. The first-order chi connectivity index (χ1) is 6.75. The molecule has 1 fully saturated rings. The highest BCUT2D eigenvalue weighted by Crippen LogP contribution is 2.21. The van der Waals surface area contributed by atoms with Crippen LogP contribution in [-0.4, -0.2) is 25.3 Å². The molecule has 2 aliphatic rings. The Morgan fingerprint density at radius 3 is 3.14 bits per heavy atom. The molecule has 2 heterocycles. The molecule has 2 unspecified atom stereocenters. The largest absolute Gasteiger partial charge is 0.379 e. The average molecular weight is 193 g/mol. The van der Waals surface area contributed by atoms with Gasteiger partial charge in [0.25, 0.3) is 0 Å². The van der Waals surface area contributed by atoms with Gasteiger partial charge in [-0.1, -0.05) is 0 Å². The molecule has 78 valence electrons. The maximum absolute atomic E-state index is 4.41. The van der Waals surface area contributed by atoms with Crippen molar-refractivity contribution in [2.45, 2.75) is 32.7 Å². The Labute approximate surface area is 85.7 Å². The number of aliphatic imine (C=N–C) groups is 1. The maximum atomic E-state index is 4.41. The predicted molar refractivity (Wildman–Crippen MR) is 59.4 cm³/mol. The zero-order valence-corrected chi connectivity index (χ0v) is 9.01. The Hall–Kier alpha value is -0.830. The minimum atomic E-state index is 0.392. The molecule has 0 saturated carbocycles. The topological polar surface area (TPSA) is 36.4 Å². The van der Waals surface area contributed by atoms with E-state index in [0.717, 1.165) is 24.6 Å². The van der Waals surface area contributed by atoms with Crippen LogP contribution < -0.4 is 10.6 Å². The molecule has 2 N–H and O–H groups in total. The van der Waals surface area contributed by atoms with Gasteiger partial charge >= 0.3 is 0 Å². The monoisotopic (exact) mass is 193 g/mol. The summed E-state index contributed by atoms with van der Waals surface area (Å²) in [4.78, 5) is 4.41. The van der Waals surface area contributed by atoms with E-state index in [-0.39, 0.29) is 0 Å². The van der Waals surface area contributed by atoms with Crippen LogP contribution in [-0.2, 0) is 0 Å². The molecule has 0 aromatic heterocycles. The number of hydrogen-bond acceptors (Lipinski definition) is 3. The summed E-state index contributed by atoms with van der Waals surface area (Å²) in [5, 5.41) is 6.89. The molecule has 0 radical (unpaired) electrons. The molecule has 2 atom stereocenters. The molecule has 3 heteroatoms. The Balaban J connectivity index is 1.98. The quantitative estimate of drug-likeness (QED) is 0.693. The summed E-state index contributed by atoms with van der Waals surface area (Å²) in [6.45, 7) is 6.57. The van der Waals surface area contributed by atoms with Crippen molar-refractivity contribution in [3.8, 4) is 0 Å². The molecule has 0 amide bonds. The second kappa shape index (κ2) is 4.13. The molecule has 3 nitrogen and oxygen atoms in total. The van der Waals surface area contributed by atoms with Gasteiger partial charge in [0.2, 0.25) is 0 Å². The Morgan fingerprint density at radius 1 is 1.57 bits per heavy atom. The lowest BCUT2D eigenvalue weighted by Crippen LogP contribution is -2.31. The molecule has 1 saturated heterocycles. The fourth-order valence-electron chi connectivity index (χ4n) is 2.10. The second-order valence-electron chi connectivity index (χ2n) is 4.34. The van der Waals surface area contributed by atoms with Gasteiger partial charge in [0, 0.05) is 11.9 Å². The molecule has 0 spiro atoms. The normalized spacial score (nSPS) is 32.1. The van der Waals surface area contributed by atoms with Gasteiger partial charge in [0.05, 0.1) is 11.7 Å². The first-order valence-electron chi connectivity index (χ1n) is 5.47. The van der Waals surface area contributed by atoms with Crippen molar-refractivity contribution in [2.75, 3.05) is 13.1 Å². The van der Waals surface area contributed by atoms with Crippen LogP contribution in [0.1, 0.15) is 26.7 Å². The summed E-state index contributed by atoms with van der Waals surface area (Å²) < 4.78 is 0. The van der Waals surface area contributed by atoms with E-state index in [2.05, 4.69) is 29.5 Å². The van der Waals surface area contributed by atoms with Crippen molar-refractivity contribution in [1.29, 1.82) is 0 Å². The van der Waals surface area contributed by atoms with Crippen molar-refractivity contribution in [1.82, 2.24) is 10.6 Å². The summed E-state index contributed by atoms with van der Waals surface area (Å²) in [7, 11) is 0. The smallest absolute Gasteiger partial charge is 0.0585 e. The van der Waals surface area contributed by atoms with Crippen LogP contribution in [0.4, 0.5) is 0 Å². The van der Waals surface area contributed by atoms with Crippen LogP contribution in [0.3, 0.4) is 0 Å². The zero-order chi connectivity index (χ0) is 9.97. The number of hydrogen-bond donors (Lipinski definition) is 2. The molecular formula is C11H19N3. The molecular weight excluding hydrogens is 174 g/mol. The fraction of sp³-hybridized carbons (Fsp3) is 0.727. The second-order valence-corrected chi connectivity index (χ2v) is 4.34. The standard InChI is InChI=1S/C11H19N3/c1-8-6-13-9(2)11(14-8)5-10-3-4-12-7-10/h6,8,10,12,14H,3-5,7H2,1-2H3. The Bertz CT molecular complexity index is 262. The van der Waals surface area contributed by atoms with Gasteiger partial charge in [-0.2, -0.15) is 0 Å². The molecule has 2 rings (SSSR count). The first kappa shape index (κ1) is 9.71. The highest BCUT2D eigenvalue weighted by atomic mass is 15.0. The predicted octanol–water partition coefficient (Wildman–Crippen LogP) is 1.28. The van der Waals surface area contributed by atoms with Crippen LogP contribution in [0.15, 0.2) is 16.4 Å². The lowest BCUT2D eigenvalue weighted by atomic mass is 10.0. The minimum Gasteiger partial charge on any atom is -0.379 e.